The SMILES string of the molecule is CC.CC.CC1CCCc2nc(-c3cc(O)cc4ccc(F)c(F)c34)c(F)c3nc(OCC45CCCN4CCC5)nc(c23)N1CC(F)NCF. The molecular formula is C37H47F5N6O2. The molecule has 13 heteroatoms. The van der Waals surface area contributed by atoms with Gasteiger partial charge in [-0.2, -0.15) is 9.97 Å². The van der Waals surface area contributed by atoms with E-state index in [-0.39, 0.29) is 75.2 Å². The highest BCUT2D eigenvalue weighted by Crippen LogP contribution is 2.42. The highest BCUT2D eigenvalue weighted by Gasteiger charge is 2.45. The summed E-state index contributed by atoms with van der Waals surface area (Å²) in [5.41, 5.74) is -0.416. The number of nitrogens with zero attached hydrogens (tertiary/aromatic N) is 5. The molecule has 0 aliphatic carbocycles. The van der Waals surface area contributed by atoms with Crippen molar-refractivity contribution in [2.24, 2.45) is 0 Å². The van der Waals surface area contributed by atoms with Gasteiger partial charge < -0.3 is 14.7 Å². The lowest BCUT2D eigenvalue weighted by molar-refractivity contribution is 0.108. The van der Waals surface area contributed by atoms with Crippen molar-refractivity contribution < 1.29 is 31.8 Å². The predicted molar refractivity (Wildman–Crippen MR) is 187 cm³/mol. The van der Waals surface area contributed by atoms with E-state index in [1.165, 1.54) is 12.1 Å². The second-order valence-corrected chi connectivity index (χ2v) is 12.6. The predicted octanol–water partition coefficient (Wildman–Crippen LogP) is 8.37. The molecule has 2 atom stereocenters. The van der Waals surface area contributed by atoms with Gasteiger partial charge in [-0.1, -0.05) is 33.8 Å². The zero-order valence-electron chi connectivity index (χ0n) is 29.4. The number of pyridine rings is 1. The average Bonchev–Trinajstić information content (AvgIpc) is 3.70. The number of fused-ring (bicyclic) bond motifs is 2. The number of alkyl halides is 2. The average molecular weight is 703 g/mol. The fourth-order valence-corrected chi connectivity index (χ4v) is 7.58. The normalized spacial score (nSPS) is 18.8. The maximum atomic E-state index is 16.9. The Labute approximate surface area is 290 Å². The van der Waals surface area contributed by atoms with Crippen LogP contribution in [0.15, 0.2) is 24.3 Å². The Morgan fingerprint density at radius 1 is 0.980 bits per heavy atom. The molecule has 7 rings (SSSR count). The molecule has 0 saturated carbocycles. The van der Waals surface area contributed by atoms with E-state index in [0.717, 1.165) is 50.9 Å². The Hall–Kier alpha value is -3.84. The number of benzene rings is 2. The quantitative estimate of drug-likeness (QED) is 0.140. The summed E-state index contributed by atoms with van der Waals surface area (Å²) < 4.78 is 80.8. The van der Waals surface area contributed by atoms with E-state index in [2.05, 4.69) is 20.2 Å². The third-order valence-electron chi connectivity index (χ3n) is 9.84. The summed E-state index contributed by atoms with van der Waals surface area (Å²) in [5, 5.41) is 12.8. The highest BCUT2D eigenvalue weighted by atomic mass is 19.2. The van der Waals surface area contributed by atoms with Crippen molar-refractivity contribution in [2.45, 2.75) is 97.4 Å². The lowest BCUT2D eigenvalue weighted by Crippen LogP contribution is -2.44. The van der Waals surface area contributed by atoms with Crippen LogP contribution in [-0.2, 0) is 6.42 Å². The summed E-state index contributed by atoms with van der Waals surface area (Å²) in [6.45, 7) is 10.8. The number of halogens is 5. The van der Waals surface area contributed by atoms with Crippen molar-refractivity contribution in [1.82, 2.24) is 25.2 Å². The standard InChI is InChI=1S/C33H35F5N6O2.2C2H6/c1-18-5-2-6-23-26-30(28(38)29(40-23)21-14-20(45)13-19-7-8-22(35)27(37)25(19)21)41-32(42-31(26)44(18)15-24(36)39-17-34)46-16-33-9-3-11-43(33)12-4-10-33;2*1-2/h7-8,13-14,18,24,39,45H,2-6,9-12,15-17H2,1H3;2*1-2H3. The smallest absolute Gasteiger partial charge is 0.319 e. The first-order chi connectivity index (χ1) is 24.2. The van der Waals surface area contributed by atoms with Gasteiger partial charge in [0, 0.05) is 17.0 Å². The molecule has 0 amide bonds. The molecule has 2 aromatic carbocycles. The van der Waals surface area contributed by atoms with Gasteiger partial charge in [0.2, 0.25) is 0 Å². The second-order valence-electron chi connectivity index (χ2n) is 12.6. The van der Waals surface area contributed by atoms with Gasteiger partial charge in [-0.05, 0) is 88.5 Å². The number of phenols is 1. The van der Waals surface area contributed by atoms with Crippen LogP contribution in [0.1, 0.15) is 78.8 Å². The van der Waals surface area contributed by atoms with E-state index >= 15 is 8.78 Å². The van der Waals surface area contributed by atoms with E-state index < -0.39 is 30.5 Å². The number of ether oxygens (including phenoxy) is 1. The van der Waals surface area contributed by atoms with E-state index in [1.54, 1.807) is 4.90 Å². The molecule has 3 aliphatic heterocycles. The molecule has 2 N–H and O–H groups in total. The molecule has 2 aromatic heterocycles. The van der Waals surface area contributed by atoms with Crippen LogP contribution in [0.25, 0.3) is 32.9 Å². The van der Waals surface area contributed by atoms with Crippen molar-refractivity contribution >= 4 is 27.5 Å². The van der Waals surface area contributed by atoms with E-state index in [0.29, 0.717) is 25.0 Å². The Balaban J connectivity index is 0.00000117. The molecule has 0 bridgehead atoms. The van der Waals surface area contributed by atoms with Crippen molar-refractivity contribution in [3.63, 3.8) is 0 Å². The van der Waals surface area contributed by atoms with Crippen molar-refractivity contribution in [3.8, 4) is 23.0 Å². The molecule has 5 heterocycles. The van der Waals surface area contributed by atoms with E-state index in [1.807, 2.05) is 34.6 Å². The minimum Gasteiger partial charge on any atom is -0.508 e. The first kappa shape index (κ1) is 37.4. The summed E-state index contributed by atoms with van der Waals surface area (Å²) in [7, 11) is 0. The van der Waals surface area contributed by atoms with Gasteiger partial charge in [0.05, 0.1) is 23.2 Å². The van der Waals surface area contributed by atoms with Crippen LogP contribution in [0, 0.1) is 17.5 Å². The van der Waals surface area contributed by atoms with Crippen LogP contribution < -0.4 is 15.0 Å². The number of aromatic nitrogens is 3. The number of hydrogen-bond acceptors (Lipinski definition) is 8. The van der Waals surface area contributed by atoms with Crippen LogP contribution in [0.5, 0.6) is 11.8 Å². The van der Waals surface area contributed by atoms with E-state index in [9.17, 15) is 18.3 Å². The number of aromatic hydroxyl groups is 1. The topological polar surface area (TPSA) is 86.6 Å². The van der Waals surface area contributed by atoms with E-state index in [4.69, 9.17) is 9.72 Å². The number of aryl methyl sites for hydroxylation is 1. The van der Waals surface area contributed by atoms with Crippen molar-refractivity contribution in [1.29, 1.82) is 0 Å². The molecule has 2 saturated heterocycles. The van der Waals surface area contributed by atoms with Crippen molar-refractivity contribution in [3.05, 3.63) is 47.4 Å². The van der Waals surface area contributed by atoms with Crippen LogP contribution in [0.4, 0.5) is 27.8 Å². The minimum absolute atomic E-state index is 0.109. The molecule has 50 heavy (non-hydrogen) atoms. The van der Waals surface area contributed by atoms with Crippen molar-refractivity contribution in [2.75, 3.05) is 37.9 Å². The monoisotopic (exact) mass is 702 g/mol. The van der Waals surface area contributed by atoms with Gasteiger partial charge in [-0.15, -0.1) is 0 Å². The third-order valence-corrected chi connectivity index (χ3v) is 9.84. The Morgan fingerprint density at radius 3 is 2.40 bits per heavy atom. The zero-order valence-corrected chi connectivity index (χ0v) is 29.4. The third kappa shape index (κ3) is 7.03. The summed E-state index contributed by atoms with van der Waals surface area (Å²) in [6, 6.07) is 4.28. The highest BCUT2D eigenvalue weighted by molar-refractivity contribution is 6.01. The fourth-order valence-electron chi connectivity index (χ4n) is 7.58. The van der Waals surface area contributed by atoms with Gasteiger partial charge in [-0.3, -0.25) is 10.2 Å². The Kier molecular flexibility index (Phi) is 12.0. The summed E-state index contributed by atoms with van der Waals surface area (Å²) >= 11 is 0. The van der Waals surface area contributed by atoms with Gasteiger partial charge >= 0.3 is 6.01 Å². The first-order valence-electron chi connectivity index (χ1n) is 17.8. The minimum atomic E-state index is -1.75. The Bertz CT molecular complexity index is 1800. The molecule has 272 valence electrons. The molecule has 0 spiro atoms. The molecule has 2 fully saturated rings. The van der Waals surface area contributed by atoms with Gasteiger partial charge in [0.15, 0.2) is 23.7 Å². The fraction of sp³-hybridized carbons (Fsp3) is 0.541. The summed E-state index contributed by atoms with van der Waals surface area (Å²) in [4.78, 5) is 17.9. The number of phenolic OH excluding ortho intramolecular Hbond substituents is 1. The largest absolute Gasteiger partial charge is 0.508 e. The molecule has 0 radical (unpaired) electrons. The van der Waals surface area contributed by atoms with Gasteiger partial charge in [0.25, 0.3) is 0 Å². The maximum Gasteiger partial charge on any atom is 0.319 e. The maximum absolute atomic E-state index is 16.9. The van der Waals surface area contributed by atoms with Crippen LogP contribution >= 0.6 is 0 Å². The molecule has 2 unspecified atom stereocenters. The first-order valence-corrected chi connectivity index (χ1v) is 17.8. The van der Waals surface area contributed by atoms with Gasteiger partial charge in [0.1, 0.15) is 36.2 Å². The lowest BCUT2D eigenvalue weighted by Gasteiger charge is -2.35. The van der Waals surface area contributed by atoms with Crippen LogP contribution in [0.3, 0.4) is 0 Å². The molecular weight excluding hydrogens is 655 g/mol. The Morgan fingerprint density at radius 2 is 1.70 bits per heavy atom. The number of nitrogens with one attached hydrogen (secondary N) is 1. The number of anilines is 1. The zero-order chi connectivity index (χ0) is 36.2. The molecule has 4 aromatic rings. The van der Waals surface area contributed by atoms with Crippen LogP contribution in [-0.4, -0.2) is 75.9 Å². The molecule has 8 nitrogen and oxygen atoms in total. The van der Waals surface area contributed by atoms with Gasteiger partial charge in [-0.25, -0.2) is 26.9 Å². The second kappa shape index (κ2) is 16.0. The summed E-state index contributed by atoms with van der Waals surface area (Å²) in [6.07, 6.45) is 3.78. The number of rotatable bonds is 8. The lowest BCUT2D eigenvalue weighted by atomic mass is 9.95. The van der Waals surface area contributed by atoms with Crippen LogP contribution in [0.2, 0.25) is 0 Å². The molecule has 3 aliphatic rings. The summed E-state index contributed by atoms with van der Waals surface area (Å²) in [5.74, 6) is -3.36. The number of hydrogen-bond donors (Lipinski definition) is 2.